The highest BCUT2D eigenvalue weighted by Crippen LogP contribution is 2.26. The Hall–Kier alpha value is -0.660. The second-order valence-electron chi connectivity index (χ2n) is 2.20. The van der Waals surface area contributed by atoms with Gasteiger partial charge in [0, 0.05) is 11.6 Å². The minimum Gasteiger partial charge on any atom is -0.277 e. The standard InChI is InChI=1S/C5H2ClFN2O2S2/c6-3-4(13(7,10)11)9-1-2-12-5(9)8-3/h1-2H. The van der Waals surface area contributed by atoms with Gasteiger partial charge in [-0.15, -0.1) is 11.3 Å². The molecule has 2 aromatic rings. The van der Waals surface area contributed by atoms with Crippen LogP contribution in [0, 0.1) is 0 Å². The van der Waals surface area contributed by atoms with Crippen molar-refractivity contribution >= 4 is 38.1 Å². The molecule has 0 unspecified atom stereocenters. The van der Waals surface area contributed by atoms with Gasteiger partial charge in [-0.1, -0.05) is 15.5 Å². The SMILES string of the molecule is O=S(=O)(F)c1c(Cl)nc2sccn12. The van der Waals surface area contributed by atoms with Gasteiger partial charge in [0.05, 0.1) is 0 Å². The number of hydrogen-bond donors (Lipinski definition) is 0. The summed E-state index contributed by atoms with van der Waals surface area (Å²) in [4.78, 5) is 4.02. The predicted octanol–water partition coefficient (Wildman–Crippen LogP) is 1.71. The minimum absolute atomic E-state index is 0.339. The number of nitrogens with zero attached hydrogens (tertiary/aromatic N) is 2. The van der Waals surface area contributed by atoms with Gasteiger partial charge in [0.15, 0.2) is 10.1 Å². The van der Waals surface area contributed by atoms with Crippen molar-refractivity contribution in [1.82, 2.24) is 9.38 Å². The van der Waals surface area contributed by atoms with Crippen LogP contribution in [0.15, 0.2) is 16.6 Å². The zero-order chi connectivity index (χ0) is 9.64. The summed E-state index contributed by atoms with van der Waals surface area (Å²) < 4.78 is 35.0. The van der Waals surface area contributed by atoms with Crippen LogP contribution in [0.3, 0.4) is 0 Å². The molecule has 0 saturated carbocycles. The van der Waals surface area contributed by atoms with Crippen molar-refractivity contribution in [2.45, 2.75) is 5.03 Å². The quantitative estimate of drug-likeness (QED) is 0.713. The van der Waals surface area contributed by atoms with E-state index in [1.54, 1.807) is 5.38 Å². The van der Waals surface area contributed by atoms with E-state index < -0.39 is 15.2 Å². The van der Waals surface area contributed by atoms with Crippen LogP contribution in [-0.4, -0.2) is 17.8 Å². The lowest BCUT2D eigenvalue weighted by molar-refractivity contribution is 0.547. The van der Waals surface area contributed by atoms with Crippen LogP contribution in [0.4, 0.5) is 3.89 Å². The summed E-state index contributed by atoms with van der Waals surface area (Å²) in [6.07, 6.45) is 1.39. The third-order valence-corrected chi connectivity index (χ3v) is 3.39. The monoisotopic (exact) mass is 240 g/mol. The molecule has 0 N–H and O–H groups in total. The van der Waals surface area contributed by atoms with E-state index in [9.17, 15) is 12.3 Å². The molecule has 4 nitrogen and oxygen atoms in total. The lowest BCUT2D eigenvalue weighted by Crippen LogP contribution is -1.96. The summed E-state index contributed by atoms with van der Waals surface area (Å²) in [5.41, 5.74) is 0. The van der Waals surface area contributed by atoms with Gasteiger partial charge >= 0.3 is 10.2 Å². The Bertz CT molecular complexity index is 558. The molecule has 0 radical (unpaired) electrons. The van der Waals surface area contributed by atoms with E-state index in [1.165, 1.54) is 17.5 Å². The normalized spacial score (nSPS) is 12.5. The fourth-order valence-electron chi connectivity index (χ4n) is 0.957. The molecule has 2 heterocycles. The fraction of sp³-hybridized carbons (Fsp3) is 0. The lowest BCUT2D eigenvalue weighted by Gasteiger charge is -1.90. The molecule has 0 atom stereocenters. The van der Waals surface area contributed by atoms with Gasteiger partial charge in [-0.2, -0.15) is 8.42 Å². The van der Waals surface area contributed by atoms with E-state index in [0.717, 1.165) is 4.40 Å². The molecule has 70 valence electrons. The highest BCUT2D eigenvalue weighted by molar-refractivity contribution is 7.86. The number of halogens is 2. The third kappa shape index (κ3) is 1.32. The topological polar surface area (TPSA) is 51.4 Å². The first-order valence-corrected chi connectivity index (χ1v) is 5.70. The first-order valence-electron chi connectivity index (χ1n) is 3.06. The summed E-state index contributed by atoms with van der Waals surface area (Å²) in [5, 5.41) is 0.646. The highest BCUT2D eigenvalue weighted by Gasteiger charge is 2.23. The van der Waals surface area contributed by atoms with E-state index in [-0.39, 0.29) is 5.15 Å². The van der Waals surface area contributed by atoms with Crippen molar-refractivity contribution < 1.29 is 12.3 Å². The van der Waals surface area contributed by atoms with Crippen LogP contribution < -0.4 is 0 Å². The van der Waals surface area contributed by atoms with Crippen LogP contribution >= 0.6 is 22.9 Å². The summed E-state index contributed by atoms with van der Waals surface area (Å²) in [7, 11) is -4.81. The average molecular weight is 241 g/mol. The number of hydrogen-bond acceptors (Lipinski definition) is 4. The van der Waals surface area contributed by atoms with E-state index in [2.05, 4.69) is 4.98 Å². The number of fused-ring (bicyclic) bond motifs is 1. The van der Waals surface area contributed by atoms with Crippen molar-refractivity contribution in [3.63, 3.8) is 0 Å². The Balaban J connectivity index is 2.94. The molecule has 0 aliphatic carbocycles. The molecule has 0 fully saturated rings. The fourth-order valence-corrected chi connectivity index (χ4v) is 2.86. The average Bonchev–Trinajstić information content (AvgIpc) is 2.41. The van der Waals surface area contributed by atoms with Crippen LogP contribution in [0.1, 0.15) is 0 Å². The number of thiazole rings is 1. The number of rotatable bonds is 1. The van der Waals surface area contributed by atoms with Gasteiger partial charge in [-0.25, -0.2) is 4.98 Å². The zero-order valence-electron chi connectivity index (χ0n) is 5.94. The molecule has 0 aliphatic rings. The first-order chi connectivity index (χ1) is 6.00. The minimum atomic E-state index is -4.81. The van der Waals surface area contributed by atoms with Crippen molar-refractivity contribution in [1.29, 1.82) is 0 Å². The molecule has 2 aromatic heterocycles. The van der Waals surface area contributed by atoms with Crippen molar-refractivity contribution in [2.24, 2.45) is 0 Å². The maximum absolute atomic E-state index is 12.7. The van der Waals surface area contributed by atoms with E-state index in [1.807, 2.05) is 0 Å². The van der Waals surface area contributed by atoms with E-state index >= 15 is 0 Å². The number of imidazole rings is 1. The van der Waals surface area contributed by atoms with Crippen LogP contribution in [0.2, 0.25) is 5.15 Å². The molecule has 8 heteroatoms. The Morgan fingerprint density at radius 3 is 2.92 bits per heavy atom. The van der Waals surface area contributed by atoms with Crippen LogP contribution in [0.5, 0.6) is 0 Å². The Labute approximate surface area is 81.8 Å². The second kappa shape index (κ2) is 2.66. The summed E-state index contributed by atoms with van der Waals surface area (Å²) in [6, 6.07) is 0. The maximum atomic E-state index is 12.7. The van der Waals surface area contributed by atoms with Crippen molar-refractivity contribution in [2.75, 3.05) is 0 Å². The Kier molecular flexibility index (Phi) is 1.83. The smallest absolute Gasteiger partial charge is 0.277 e. The lowest BCUT2D eigenvalue weighted by atomic mass is 10.9. The van der Waals surface area contributed by atoms with E-state index in [4.69, 9.17) is 11.6 Å². The third-order valence-electron chi connectivity index (χ3n) is 1.41. The van der Waals surface area contributed by atoms with Gasteiger partial charge < -0.3 is 0 Å². The van der Waals surface area contributed by atoms with Gasteiger partial charge in [0.2, 0.25) is 5.03 Å². The number of aromatic nitrogens is 2. The molecule has 0 aromatic carbocycles. The highest BCUT2D eigenvalue weighted by atomic mass is 35.5. The van der Waals surface area contributed by atoms with Gasteiger partial charge in [0.1, 0.15) is 0 Å². The molecule has 0 spiro atoms. The maximum Gasteiger partial charge on any atom is 0.351 e. The molecule has 13 heavy (non-hydrogen) atoms. The first kappa shape index (κ1) is 8.92. The molecular formula is C5H2ClFN2O2S2. The van der Waals surface area contributed by atoms with Gasteiger partial charge in [-0.3, -0.25) is 4.40 Å². The van der Waals surface area contributed by atoms with Crippen LogP contribution in [-0.2, 0) is 10.2 Å². The van der Waals surface area contributed by atoms with Crippen molar-refractivity contribution in [3.05, 3.63) is 16.7 Å². The second-order valence-corrected chi connectivity index (χ2v) is 4.69. The largest absolute Gasteiger partial charge is 0.351 e. The molecule has 0 saturated heterocycles. The molecular weight excluding hydrogens is 239 g/mol. The molecule has 0 amide bonds. The van der Waals surface area contributed by atoms with Gasteiger partial charge in [0.25, 0.3) is 0 Å². The van der Waals surface area contributed by atoms with Gasteiger partial charge in [-0.05, 0) is 0 Å². The van der Waals surface area contributed by atoms with Crippen LogP contribution in [0.25, 0.3) is 4.96 Å². The molecule has 0 bridgehead atoms. The summed E-state index contributed by atoms with van der Waals surface area (Å²) >= 11 is 6.62. The Morgan fingerprint density at radius 1 is 1.62 bits per heavy atom. The molecule has 0 aliphatic heterocycles. The zero-order valence-corrected chi connectivity index (χ0v) is 8.33. The Morgan fingerprint density at radius 2 is 2.31 bits per heavy atom. The predicted molar refractivity (Wildman–Crippen MR) is 46.4 cm³/mol. The summed E-state index contributed by atoms with van der Waals surface area (Å²) in [5.74, 6) is 0. The van der Waals surface area contributed by atoms with E-state index in [0.29, 0.717) is 4.96 Å². The molecule has 2 rings (SSSR count). The van der Waals surface area contributed by atoms with Crippen molar-refractivity contribution in [3.8, 4) is 0 Å². The summed E-state index contributed by atoms with van der Waals surface area (Å²) in [6.45, 7) is 0.